The van der Waals surface area contributed by atoms with Crippen LogP contribution in [-0.2, 0) is 20.7 Å². The van der Waals surface area contributed by atoms with Gasteiger partial charge in [-0.05, 0) is 43.3 Å². The smallest absolute Gasteiger partial charge is 0.156 e. The summed E-state index contributed by atoms with van der Waals surface area (Å²) in [6.07, 6.45) is 2.81. The highest BCUT2D eigenvalue weighted by molar-refractivity contribution is 6.31. The standard InChI is InChI=1S/C12H15ClN2O.C12H18N2O2.CH3Cl/c1-3-8(7-16-2)12-14-10-5-4-9(13)6-11(10)15-12;1-14-11(8-16-2)12(15)7-9-5-3-4-6-10(9)13;1-2/h4-6,8H,3,7H2,1-2H3,(H,14,15);3-6,11,14H,7-8,13H2,1-2H3;1H3/t8-;11-;/m00./s1. The second-order valence-corrected chi connectivity index (χ2v) is 7.92. The van der Waals surface area contributed by atoms with E-state index < -0.39 is 0 Å². The van der Waals surface area contributed by atoms with Crippen LogP contribution < -0.4 is 11.1 Å². The van der Waals surface area contributed by atoms with Crippen LogP contribution in [0.15, 0.2) is 42.5 Å². The largest absolute Gasteiger partial charge is 0.398 e. The van der Waals surface area contributed by atoms with E-state index in [9.17, 15) is 4.79 Å². The molecule has 2 atom stereocenters. The number of carbonyl (C=O) groups is 1. The Kier molecular flexibility index (Phi) is 14.5. The molecular weight excluding hydrogens is 475 g/mol. The van der Waals surface area contributed by atoms with E-state index in [1.807, 2.05) is 36.4 Å². The maximum atomic E-state index is 11.9. The maximum absolute atomic E-state index is 11.9. The van der Waals surface area contributed by atoms with E-state index in [0.29, 0.717) is 31.2 Å². The lowest BCUT2D eigenvalue weighted by atomic mass is 10.0. The Labute approximate surface area is 212 Å². The van der Waals surface area contributed by atoms with E-state index in [2.05, 4.69) is 33.8 Å². The molecule has 9 heteroatoms. The number of nitrogens with zero attached hydrogens (tertiary/aromatic N) is 1. The molecule has 3 aromatic rings. The minimum atomic E-state index is -0.274. The number of aromatic amines is 1. The van der Waals surface area contributed by atoms with Crippen LogP contribution in [0.5, 0.6) is 0 Å². The van der Waals surface area contributed by atoms with Gasteiger partial charge in [0, 0.05) is 43.7 Å². The molecular formula is C25H36Cl2N4O3. The number of rotatable bonds is 10. The third kappa shape index (κ3) is 9.24. The number of methoxy groups -OCH3 is 2. The van der Waals surface area contributed by atoms with Crippen LogP contribution >= 0.6 is 23.2 Å². The molecule has 0 aliphatic rings. The molecule has 34 heavy (non-hydrogen) atoms. The van der Waals surface area contributed by atoms with Gasteiger partial charge in [0.15, 0.2) is 5.78 Å². The summed E-state index contributed by atoms with van der Waals surface area (Å²) in [5.74, 6) is 1.38. The van der Waals surface area contributed by atoms with Gasteiger partial charge in [0.2, 0.25) is 0 Å². The number of halogens is 2. The number of nitrogen functional groups attached to an aromatic ring is 1. The fourth-order valence-electron chi connectivity index (χ4n) is 3.30. The zero-order chi connectivity index (χ0) is 25.5. The van der Waals surface area contributed by atoms with Crippen molar-refractivity contribution in [3.8, 4) is 0 Å². The highest BCUT2D eigenvalue weighted by atomic mass is 35.5. The number of ketones is 1. The summed E-state index contributed by atoms with van der Waals surface area (Å²) in [4.78, 5) is 19.7. The number of H-pyrrole nitrogens is 1. The van der Waals surface area contributed by atoms with Crippen molar-refractivity contribution in [2.45, 2.75) is 31.7 Å². The molecule has 0 spiro atoms. The number of hydrogen-bond acceptors (Lipinski definition) is 6. The monoisotopic (exact) mass is 510 g/mol. The van der Waals surface area contributed by atoms with Crippen molar-refractivity contribution in [3.63, 3.8) is 0 Å². The number of Topliss-reactive ketones (excluding diaryl/α,β-unsaturated/α-hetero) is 1. The van der Waals surface area contributed by atoms with Crippen molar-refractivity contribution in [1.29, 1.82) is 0 Å². The molecule has 0 radical (unpaired) electrons. The predicted molar refractivity (Wildman–Crippen MR) is 142 cm³/mol. The number of hydrogen-bond donors (Lipinski definition) is 3. The van der Waals surface area contributed by atoms with Gasteiger partial charge < -0.3 is 25.5 Å². The molecule has 4 N–H and O–H groups in total. The second-order valence-electron chi connectivity index (χ2n) is 7.48. The summed E-state index contributed by atoms with van der Waals surface area (Å²) in [7, 11) is 5.03. The van der Waals surface area contributed by atoms with Crippen LogP contribution in [0.25, 0.3) is 11.0 Å². The second kappa shape index (κ2) is 16.5. The first-order valence-electron chi connectivity index (χ1n) is 11.0. The van der Waals surface area contributed by atoms with Gasteiger partial charge in [0.05, 0.1) is 30.3 Å². The predicted octanol–water partition coefficient (Wildman–Crippen LogP) is 4.83. The van der Waals surface area contributed by atoms with E-state index in [1.54, 1.807) is 27.3 Å². The Morgan fingerprint density at radius 1 is 1.15 bits per heavy atom. The summed E-state index contributed by atoms with van der Waals surface area (Å²) in [5, 5.41) is 3.65. The summed E-state index contributed by atoms with van der Waals surface area (Å²) in [6, 6.07) is 12.8. The SMILES string of the molecule is CC[C@@H](COC)c1nc2ccc(Cl)cc2[nH]1.CCl.CN[C@@H](COC)C(=O)Cc1ccccc1N. The van der Waals surface area contributed by atoms with Gasteiger partial charge in [-0.15, -0.1) is 11.6 Å². The van der Waals surface area contributed by atoms with E-state index in [1.165, 1.54) is 6.38 Å². The van der Waals surface area contributed by atoms with Crippen LogP contribution in [0, 0.1) is 0 Å². The lowest BCUT2D eigenvalue weighted by Crippen LogP contribution is -2.39. The number of nitrogens with two attached hydrogens (primary N) is 1. The molecule has 7 nitrogen and oxygen atoms in total. The first-order valence-corrected chi connectivity index (χ1v) is 12.1. The first kappa shape index (κ1) is 29.9. The average molecular weight is 511 g/mol. The molecule has 0 amide bonds. The molecule has 3 rings (SSSR count). The van der Waals surface area contributed by atoms with Crippen molar-refractivity contribution < 1.29 is 14.3 Å². The fraction of sp³-hybridized carbons (Fsp3) is 0.440. The van der Waals surface area contributed by atoms with Crippen LogP contribution in [0.1, 0.15) is 30.7 Å². The van der Waals surface area contributed by atoms with E-state index in [4.69, 9.17) is 26.8 Å². The Bertz CT molecular complexity index is 997. The van der Waals surface area contributed by atoms with Crippen LogP contribution in [-0.4, -0.2) is 62.7 Å². The fourth-order valence-corrected chi connectivity index (χ4v) is 3.47. The Morgan fingerprint density at radius 2 is 1.82 bits per heavy atom. The molecule has 188 valence electrons. The first-order chi connectivity index (χ1) is 16.4. The number of ether oxygens (including phenoxy) is 2. The van der Waals surface area contributed by atoms with Crippen molar-refractivity contribution in [1.82, 2.24) is 15.3 Å². The average Bonchev–Trinajstić information content (AvgIpc) is 3.27. The van der Waals surface area contributed by atoms with Gasteiger partial charge in [0.1, 0.15) is 5.82 Å². The van der Waals surface area contributed by atoms with Crippen LogP contribution in [0.2, 0.25) is 5.02 Å². The topological polar surface area (TPSA) is 102 Å². The van der Waals surface area contributed by atoms with Gasteiger partial charge >= 0.3 is 0 Å². The number of nitrogens with one attached hydrogen (secondary N) is 2. The number of anilines is 1. The molecule has 0 aliphatic carbocycles. The number of carbonyl (C=O) groups excluding carboxylic acids is 1. The van der Waals surface area contributed by atoms with Crippen LogP contribution in [0.3, 0.4) is 0 Å². The number of aromatic nitrogens is 2. The summed E-state index contributed by atoms with van der Waals surface area (Å²) >= 11 is 10.6. The molecule has 0 saturated heterocycles. The maximum Gasteiger partial charge on any atom is 0.156 e. The van der Waals surface area contributed by atoms with Crippen molar-refractivity contribution >= 4 is 45.7 Å². The van der Waals surface area contributed by atoms with Gasteiger partial charge in [-0.1, -0.05) is 36.7 Å². The quantitative estimate of drug-likeness (QED) is 0.266. The minimum absolute atomic E-state index is 0.0854. The van der Waals surface area contributed by atoms with Gasteiger partial charge in [0.25, 0.3) is 0 Å². The summed E-state index contributed by atoms with van der Waals surface area (Å²) in [5.41, 5.74) is 9.24. The van der Waals surface area contributed by atoms with Gasteiger partial charge in [-0.2, -0.15) is 0 Å². The minimum Gasteiger partial charge on any atom is -0.398 e. The molecule has 0 saturated carbocycles. The molecule has 0 aliphatic heterocycles. The normalized spacial score (nSPS) is 12.2. The van der Waals surface area contributed by atoms with Crippen LogP contribution in [0.4, 0.5) is 5.69 Å². The molecule has 0 fully saturated rings. The van der Waals surface area contributed by atoms with Crippen molar-refractivity contribution in [2.75, 3.05) is 46.6 Å². The number of imidazole rings is 1. The van der Waals surface area contributed by atoms with E-state index >= 15 is 0 Å². The summed E-state index contributed by atoms with van der Waals surface area (Å²) in [6.45, 7) is 3.19. The molecule has 0 bridgehead atoms. The summed E-state index contributed by atoms with van der Waals surface area (Å²) < 4.78 is 10.2. The van der Waals surface area contributed by atoms with Gasteiger partial charge in [-0.3, -0.25) is 4.79 Å². The zero-order valence-corrected chi connectivity index (χ0v) is 22.0. The number of alkyl halides is 1. The molecule has 1 heterocycles. The number of para-hydroxylation sites is 1. The Hall–Kier alpha value is -2.16. The molecule has 1 aromatic heterocycles. The lowest BCUT2D eigenvalue weighted by molar-refractivity contribution is -0.121. The number of likely N-dealkylation sites (N-methyl/N-ethyl adjacent to an activating group) is 1. The highest BCUT2D eigenvalue weighted by Crippen LogP contribution is 2.22. The Balaban J connectivity index is 0.000000317. The third-order valence-electron chi connectivity index (χ3n) is 5.20. The van der Waals surface area contributed by atoms with Crippen molar-refractivity contribution in [3.05, 3.63) is 58.9 Å². The highest BCUT2D eigenvalue weighted by Gasteiger charge is 2.17. The Morgan fingerprint density at radius 3 is 2.41 bits per heavy atom. The van der Waals surface area contributed by atoms with E-state index in [-0.39, 0.29) is 11.8 Å². The van der Waals surface area contributed by atoms with Crippen molar-refractivity contribution in [2.24, 2.45) is 0 Å². The third-order valence-corrected chi connectivity index (χ3v) is 5.43. The van der Waals surface area contributed by atoms with E-state index in [0.717, 1.165) is 33.9 Å². The molecule has 0 unspecified atom stereocenters. The lowest BCUT2D eigenvalue weighted by Gasteiger charge is -2.14. The number of fused-ring (bicyclic) bond motifs is 1. The van der Waals surface area contributed by atoms with Gasteiger partial charge in [-0.25, -0.2) is 4.98 Å². The molecule has 2 aromatic carbocycles. The zero-order valence-electron chi connectivity index (χ0n) is 20.5. The number of benzene rings is 2.